The van der Waals surface area contributed by atoms with Gasteiger partial charge < -0.3 is 15.0 Å². The van der Waals surface area contributed by atoms with E-state index in [4.69, 9.17) is 5.11 Å². The summed E-state index contributed by atoms with van der Waals surface area (Å²) < 4.78 is 31.1. The van der Waals surface area contributed by atoms with Crippen molar-refractivity contribution in [1.29, 1.82) is 0 Å². The van der Waals surface area contributed by atoms with E-state index >= 15 is 0 Å². The molecule has 0 aliphatic heterocycles. The Bertz CT molecular complexity index is 496. The van der Waals surface area contributed by atoms with Gasteiger partial charge in [-0.3, -0.25) is 9.59 Å². The number of aliphatic carboxylic acids is 1. The molecule has 8 nitrogen and oxygen atoms in total. The summed E-state index contributed by atoms with van der Waals surface area (Å²) in [5.74, 6) is -1.71. The second-order valence-electron chi connectivity index (χ2n) is 3.60. The van der Waals surface area contributed by atoms with Gasteiger partial charge in [0.15, 0.2) is 10.1 Å². The van der Waals surface area contributed by atoms with Crippen molar-refractivity contribution < 1.29 is 62.0 Å². The number of amides is 1. The number of carboxylic acid groups (broad SMARTS) is 1. The van der Waals surface area contributed by atoms with E-state index in [2.05, 4.69) is 13.2 Å². The Kier molecular flexibility index (Phi) is 11.8. The SMILES string of the molecule is C=CC(=O)NC(C)(C)C(=O)S(=O)(=O)[O-].C=CC(=O)O.[Na+]. The predicted molar refractivity (Wildman–Crippen MR) is 65.0 cm³/mol. The van der Waals surface area contributed by atoms with Gasteiger partial charge in [0.05, 0.1) is 0 Å². The van der Waals surface area contributed by atoms with Crippen LogP contribution in [0.4, 0.5) is 0 Å². The fourth-order valence-corrected chi connectivity index (χ4v) is 1.40. The molecule has 0 bridgehead atoms. The van der Waals surface area contributed by atoms with Crippen molar-refractivity contribution in [2.45, 2.75) is 19.4 Å². The van der Waals surface area contributed by atoms with E-state index in [0.29, 0.717) is 0 Å². The molecule has 2 N–H and O–H groups in total. The van der Waals surface area contributed by atoms with Crippen LogP contribution in [0.15, 0.2) is 25.3 Å². The number of carbonyl (C=O) groups excluding carboxylic acids is 2. The Balaban J connectivity index is -0.000000414. The van der Waals surface area contributed by atoms with Gasteiger partial charge in [0.1, 0.15) is 5.54 Å². The zero-order valence-electron chi connectivity index (χ0n) is 11.4. The van der Waals surface area contributed by atoms with E-state index in [-0.39, 0.29) is 29.6 Å². The average molecular weight is 315 g/mol. The van der Waals surface area contributed by atoms with Crippen LogP contribution >= 0.6 is 0 Å². The zero-order chi connectivity index (χ0) is 15.9. The molecule has 10 heteroatoms. The Morgan fingerprint density at radius 1 is 1.20 bits per heavy atom. The Morgan fingerprint density at radius 3 is 1.75 bits per heavy atom. The third-order valence-electron chi connectivity index (χ3n) is 1.53. The molecule has 0 saturated heterocycles. The molecule has 0 aliphatic carbocycles. The Morgan fingerprint density at radius 2 is 1.55 bits per heavy atom. The minimum atomic E-state index is -5.05. The van der Waals surface area contributed by atoms with E-state index in [1.165, 1.54) is 0 Å². The third kappa shape index (κ3) is 10.9. The van der Waals surface area contributed by atoms with E-state index in [1.54, 1.807) is 0 Å². The summed E-state index contributed by atoms with van der Waals surface area (Å²) in [4.78, 5) is 31.0. The number of nitrogens with one attached hydrogen (secondary N) is 1. The molecular formula is C10H14NNaO7S. The fourth-order valence-electron chi connectivity index (χ4n) is 0.723. The van der Waals surface area contributed by atoms with Crippen molar-refractivity contribution in [2.75, 3.05) is 0 Å². The molecule has 0 unspecified atom stereocenters. The van der Waals surface area contributed by atoms with Crippen LogP contribution in [0.25, 0.3) is 0 Å². The van der Waals surface area contributed by atoms with Gasteiger partial charge >= 0.3 is 35.5 Å². The Labute approximate surface area is 139 Å². The van der Waals surface area contributed by atoms with E-state index in [0.717, 1.165) is 26.0 Å². The van der Waals surface area contributed by atoms with Crippen molar-refractivity contribution >= 4 is 27.1 Å². The number of carbonyl (C=O) groups is 3. The number of carboxylic acids is 1. The third-order valence-corrected chi connectivity index (χ3v) is 2.50. The Hall–Kier alpha value is -1.00. The van der Waals surface area contributed by atoms with Crippen LogP contribution in [0.5, 0.6) is 0 Å². The molecule has 0 saturated carbocycles. The maximum atomic E-state index is 11.0. The maximum Gasteiger partial charge on any atom is 1.00 e. The van der Waals surface area contributed by atoms with Gasteiger partial charge in [-0.15, -0.1) is 0 Å². The van der Waals surface area contributed by atoms with E-state index in [1.807, 2.05) is 5.32 Å². The minimum absolute atomic E-state index is 0. The van der Waals surface area contributed by atoms with Gasteiger partial charge in [-0.1, -0.05) is 13.2 Å². The molecule has 0 aromatic rings. The largest absolute Gasteiger partial charge is 1.00 e. The molecule has 0 heterocycles. The summed E-state index contributed by atoms with van der Waals surface area (Å²) in [5.41, 5.74) is -1.74. The second kappa shape index (κ2) is 9.83. The summed E-state index contributed by atoms with van der Waals surface area (Å²) in [5, 5.41) is 8.05. The van der Waals surface area contributed by atoms with Gasteiger partial charge in [-0.25, -0.2) is 13.2 Å². The normalized spacial score (nSPS) is 9.95. The summed E-state index contributed by atoms with van der Waals surface area (Å²) >= 11 is 0. The maximum absolute atomic E-state index is 11.0. The topological polar surface area (TPSA) is 141 Å². The number of hydrogen-bond acceptors (Lipinski definition) is 6. The molecule has 0 radical (unpaired) electrons. The van der Waals surface area contributed by atoms with Crippen LogP contribution in [0.3, 0.4) is 0 Å². The van der Waals surface area contributed by atoms with Crippen molar-refractivity contribution in [1.82, 2.24) is 5.32 Å². The van der Waals surface area contributed by atoms with Gasteiger partial charge in [0.25, 0.3) is 5.12 Å². The van der Waals surface area contributed by atoms with Crippen LogP contribution in [-0.2, 0) is 24.5 Å². The first-order valence-corrected chi connectivity index (χ1v) is 6.09. The smallest absolute Gasteiger partial charge is 0.742 e. The monoisotopic (exact) mass is 315 g/mol. The fraction of sp³-hybridized carbons (Fsp3) is 0.300. The van der Waals surface area contributed by atoms with Crippen molar-refractivity contribution in [2.24, 2.45) is 0 Å². The number of rotatable bonds is 4. The predicted octanol–water partition coefficient (Wildman–Crippen LogP) is -3.60. The molecule has 0 aromatic carbocycles. The molecule has 0 atom stereocenters. The summed E-state index contributed by atoms with van der Waals surface area (Å²) in [6.45, 7) is 8.31. The molecule has 0 spiro atoms. The van der Waals surface area contributed by atoms with E-state index in [9.17, 15) is 27.4 Å². The van der Waals surface area contributed by atoms with Crippen LogP contribution in [-0.4, -0.2) is 40.6 Å². The van der Waals surface area contributed by atoms with Crippen molar-refractivity contribution in [3.8, 4) is 0 Å². The van der Waals surface area contributed by atoms with Gasteiger partial charge in [-0.05, 0) is 19.9 Å². The number of hydrogen-bond donors (Lipinski definition) is 2. The quantitative estimate of drug-likeness (QED) is 0.310. The van der Waals surface area contributed by atoms with Gasteiger partial charge in [-0.2, -0.15) is 0 Å². The van der Waals surface area contributed by atoms with Crippen molar-refractivity contribution in [3.63, 3.8) is 0 Å². The van der Waals surface area contributed by atoms with Crippen LogP contribution < -0.4 is 34.9 Å². The molecular weight excluding hydrogens is 301 g/mol. The second-order valence-corrected chi connectivity index (χ2v) is 4.88. The van der Waals surface area contributed by atoms with Crippen LogP contribution in [0.1, 0.15) is 13.8 Å². The van der Waals surface area contributed by atoms with E-state index < -0.39 is 32.6 Å². The molecule has 0 aliphatic rings. The first kappa shape index (κ1) is 24.0. The van der Waals surface area contributed by atoms with Gasteiger partial charge in [0.2, 0.25) is 5.91 Å². The van der Waals surface area contributed by atoms with Crippen LogP contribution in [0.2, 0.25) is 0 Å². The first-order valence-electron chi connectivity index (χ1n) is 4.68. The molecule has 0 fully saturated rings. The van der Waals surface area contributed by atoms with Crippen LogP contribution in [0, 0.1) is 0 Å². The summed E-state index contributed by atoms with van der Waals surface area (Å²) in [7, 11) is -5.05. The molecule has 1 amide bonds. The molecule has 20 heavy (non-hydrogen) atoms. The van der Waals surface area contributed by atoms with Gasteiger partial charge in [0, 0.05) is 6.08 Å². The average Bonchev–Trinajstić information content (AvgIpc) is 2.26. The standard InChI is InChI=1S/C7H11NO5S.C3H4O2.Na/c1-4-5(9)8-7(2,3)6(10)14(11,12)13;1-2-3(4)5;/h4H,1H2,2-3H3,(H,8,9)(H,11,12,13);2H,1H2,(H,4,5);/q;;+1/p-1. The first-order chi connectivity index (χ1) is 8.38. The minimum Gasteiger partial charge on any atom is -0.742 e. The molecule has 0 aromatic heterocycles. The molecule has 108 valence electrons. The summed E-state index contributed by atoms with van der Waals surface area (Å²) in [6.07, 6.45) is 1.70. The van der Waals surface area contributed by atoms with Crippen molar-refractivity contribution in [3.05, 3.63) is 25.3 Å². The molecule has 0 rings (SSSR count). The zero-order valence-corrected chi connectivity index (χ0v) is 14.2. The summed E-state index contributed by atoms with van der Waals surface area (Å²) in [6, 6.07) is 0.